The van der Waals surface area contributed by atoms with Crippen LogP contribution in [0, 0.1) is 10.1 Å². The molecule has 2 rings (SSSR count). The van der Waals surface area contributed by atoms with Crippen LogP contribution >= 0.6 is 0 Å². The molecule has 1 aromatic carbocycles. The van der Waals surface area contributed by atoms with Gasteiger partial charge >= 0.3 is 0 Å². The zero-order valence-electron chi connectivity index (χ0n) is 11.4. The van der Waals surface area contributed by atoms with Crippen molar-refractivity contribution in [2.75, 3.05) is 17.2 Å². The third kappa shape index (κ3) is 3.53. The van der Waals surface area contributed by atoms with Gasteiger partial charge in [-0.25, -0.2) is 4.98 Å². The molecule has 0 radical (unpaired) electrons. The lowest BCUT2D eigenvalue weighted by Gasteiger charge is -2.07. The van der Waals surface area contributed by atoms with E-state index >= 15 is 0 Å². The molecular weight excluding hydrogens is 272 g/mol. The van der Waals surface area contributed by atoms with Crippen LogP contribution in [-0.4, -0.2) is 22.4 Å². The lowest BCUT2D eigenvalue weighted by molar-refractivity contribution is -0.384. The highest BCUT2D eigenvalue weighted by Gasteiger charge is 2.17. The Bertz CT molecular complexity index is 659. The van der Waals surface area contributed by atoms with Gasteiger partial charge in [0.25, 0.3) is 11.6 Å². The van der Waals surface area contributed by atoms with E-state index in [-0.39, 0.29) is 11.3 Å². The van der Waals surface area contributed by atoms with Crippen LogP contribution in [0.4, 0.5) is 17.2 Å². The van der Waals surface area contributed by atoms with E-state index in [1.807, 2.05) is 6.92 Å². The summed E-state index contributed by atoms with van der Waals surface area (Å²) in [4.78, 5) is 26.6. The molecular formula is C14H14N4O3. The van der Waals surface area contributed by atoms with Crippen LogP contribution in [-0.2, 0) is 0 Å². The van der Waals surface area contributed by atoms with Crippen molar-refractivity contribution in [3.05, 3.63) is 58.3 Å². The molecule has 0 aliphatic rings. The third-order valence-electron chi connectivity index (χ3n) is 2.73. The Balaban J connectivity index is 2.25. The van der Waals surface area contributed by atoms with Crippen molar-refractivity contribution in [1.82, 2.24) is 4.98 Å². The zero-order valence-corrected chi connectivity index (χ0v) is 11.4. The summed E-state index contributed by atoms with van der Waals surface area (Å²) in [6.07, 6.45) is 1.55. The van der Waals surface area contributed by atoms with E-state index in [9.17, 15) is 14.9 Å². The summed E-state index contributed by atoms with van der Waals surface area (Å²) in [5, 5.41) is 16.5. The van der Waals surface area contributed by atoms with Crippen LogP contribution in [0.1, 0.15) is 17.3 Å². The van der Waals surface area contributed by atoms with Gasteiger partial charge in [0.1, 0.15) is 11.5 Å². The number of hydrogen-bond acceptors (Lipinski definition) is 5. The van der Waals surface area contributed by atoms with E-state index in [1.165, 1.54) is 18.2 Å². The van der Waals surface area contributed by atoms with Crippen molar-refractivity contribution in [1.29, 1.82) is 0 Å². The number of nitro benzene ring substituents is 1. The van der Waals surface area contributed by atoms with Gasteiger partial charge in [-0.1, -0.05) is 6.07 Å². The summed E-state index contributed by atoms with van der Waals surface area (Å²) in [5.74, 6) is -0.0549. The highest BCUT2D eigenvalue weighted by atomic mass is 16.6. The van der Waals surface area contributed by atoms with E-state index < -0.39 is 10.8 Å². The minimum atomic E-state index is -0.518. The first kappa shape index (κ1) is 14.4. The van der Waals surface area contributed by atoms with Crippen molar-refractivity contribution in [3.63, 3.8) is 0 Å². The molecule has 0 saturated carbocycles. The number of carbonyl (C=O) groups excluding carboxylic acids is 1. The fourth-order valence-corrected chi connectivity index (χ4v) is 1.79. The fraction of sp³-hybridized carbons (Fsp3) is 0.143. The molecule has 2 N–H and O–H groups in total. The maximum absolute atomic E-state index is 12.1. The first-order chi connectivity index (χ1) is 10.1. The second kappa shape index (κ2) is 6.47. The lowest BCUT2D eigenvalue weighted by atomic mass is 10.1. The first-order valence-corrected chi connectivity index (χ1v) is 6.36. The summed E-state index contributed by atoms with van der Waals surface area (Å²) in [7, 11) is 0. The van der Waals surface area contributed by atoms with Crippen LogP contribution in [0.3, 0.4) is 0 Å². The van der Waals surface area contributed by atoms with Gasteiger partial charge in [-0.05, 0) is 31.2 Å². The molecule has 1 aromatic heterocycles. The molecule has 0 fully saturated rings. The maximum Gasteiger partial charge on any atom is 0.293 e. The molecule has 108 valence electrons. The number of rotatable bonds is 5. The second-order valence-corrected chi connectivity index (χ2v) is 4.19. The normalized spacial score (nSPS) is 9.95. The van der Waals surface area contributed by atoms with Crippen molar-refractivity contribution in [2.24, 2.45) is 0 Å². The standard InChI is InChI=1S/C14H14N4O3/c1-2-15-11-7-6-10(9-12(11)18(20)21)14(19)17-13-5-3-4-8-16-13/h3-9,15H,2H2,1H3,(H,16,17,19). The van der Waals surface area contributed by atoms with Gasteiger partial charge in [-0.15, -0.1) is 0 Å². The number of nitrogens with zero attached hydrogens (tertiary/aromatic N) is 2. The van der Waals surface area contributed by atoms with Crippen LogP contribution in [0.15, 0.2) is 42.6 Å². The van der Waals surface area contributed by atoms with Gasteiger partial charge in [-0.2, -0.15) is 0 Å². The summed E-state index contributed by atoms with van der Waals surface area (Å²) in [6, 6.07) is 9.40. The smallest absolute Gasteiger partial charge is 0.293 e. The predicted molar refractivity (Wildman–Crippen MR) is 79.5 cm³/mol. The number of hydrogen-bond donors (Lipinski definition) is 2. The average molecular weight is 286 g/mol. The minimum Gasteiger partial charge on any atom is -0.380 e. The Morgan fingerprint density at radius 1 is 1.33 bits per heavy atom. The van der Waals surface area contributed by atoms with E-state index in [1.54, 1.807) is 24.4 Å². The topological polar surface area (TPSA) is 97.2 Å². The monoisotopic (exact) mass is 286 g/mol. The second-order valence-electron chi connectivity index (χ2n) is 4.19. The van der Waals surface area contributed by atoms with E-state index in [0.29, 0.717) is 18.1 Å². The Labute approximate surface area is 121 Å². The molecule has 7 heteroatoms. The number of benzene rings is 1. The number of pyridine rings is 1. The molecule has 0 atom stereocenters. The molecule has 0 aliphatic heterocycles. The minimum absolute atomic E-state index is 0.134. The molecule has 0 spiro atoms. The predicted octanol–water partition coefficient (Wildman–Crippen LogP) is 2.67. The molecule has 0 bridgehead atoms. The Hall–Kier alpha value is -2.96. The van der Waals surface area contributed by atoms with Crippen molar-refractivity contribution >= 4 is 23.1 Å². The van der Waals surface area contributed by atoms with Gasteiger partial charge in [0, 0.05) is 24.4 Å². The highest BCUT2D eigenvalue weighted by molar-refractivity contribution is 6.04. The van der Waals surface area contributed by atoms with E-state index in [2.05, 4.69) is 15.6 Å². The highest BCUT2D eigenvalue weighted by Crippen LogP contribution is 2.25. The first-order valence-electron chi connectivity index (χ1n) is 6.36. The molecule has 0 unspecified atom stereocenters. The van der Waals surface area contributed by atoms with Gasteiger partial charge < -0.3 is 10.6 Å². The van der Waals surface area contributed by atoms with E-state index in [0.717, 1.165) is 0 Å². The lowest BCUT2D eigenvalue weighted by Crippen LogP contribution is -2.13. The van der Waals surface area contributed by atoms with Gasteiger partial charge in [0.15, 0.2) is 0 Å². The van der Waals surface area contributed by atoms with Crippen molar-refractivity contribution < 1.29 is 9.72 Å². The molecule has 21 heavy (non-hydrogen) atoms. The maximum atomic E-state index is 12.1. The van der Waals surface area contributed by atoms with E-state index in [4.69, 9.17) is 0 Å². The molecule has 2 aromatic rings. The zero-order chi connectivity index (χ0) is 15.2. The summed E-state index contributed by atoms with van der Waals surface area (Å²) >= 11 is 0. The Morgan fingerprint density at radius 2 is 2.14 bits per heavy atom. The van der Waals surface area contributed by atoms with Crippen molar-refractivity contribution in [3.8, 4) is 0 Å². The van der Waals surface area contributed by atoms with Crippen molar-refractivity contribution in [2.45, 2.75) is 6.92 Å². The van der Waals surface area contributed by atoms with Crippen LogP contribution in [0.2, 0.25) is 0 Å². The molecule has 1 amide bonds. The molecule has 1 heterocycles. The SMILES string of the molecule is CCNc1ccc(C(=O)Nc2ccccn2)cc1[N+](=O)[O-]. The third-order valence-corrected chi connectivity index (χ3v) is 2.73. The van der Waals surface area contributed by atoms with Crippen LogP contribution in [0.5, 0.6) is 0 Å². The summed E-state index contributed by atoms with van der Waals surface area (Å²) in [6.45, 7) is 2.39. The number of anilines is 2. The summed E-state index contributed by atoms with van der Waals surface area (Å²) < 4.78 is 0. The van der Waals surface area contributed by atoms with Gasteiger partial charge in [0.05, 0.1) is 4.92 Å². The Morgan fingerprint density at radius 3 is 2.76 bits per heavy atom. The fourth-order valence-electron chi connectivity index (χ4n) is 1.79. The number of carbonyl (C=O) groups is 1. The number of amides is 1. The van der Waals surface area contributed by atoms with Crippen LogP contribution < -0.4 is 10.6 Å². The van der Waals surface area contributed by atoms with Gasteiger partial charge in [0.2, 0.25) is 0 Å². The van der Waals surface area contributed by atoms with Crippen LogP contribution in [0.25, 0.3) is 0 Å². The molecule has 7 nitrogen and oxygen atoms in total. The summed E-state index contributed by atoms with van der Waals surface area (Å²) in [5.41, 5.74) is 0.455. The Kier molecular flexibility index (Phi) is 4.45. The number of aromatic nitrogens is 1. The average Bonchev–Trinajstić information content (AvgIpc) is 2.48. The van der Waals surface area contributed by atoms with Gasteiger partial charge in [-0.3, -0.25) is 14.9 Å². The number of nitrogens with one attached hydrogen (secondary N) is 2. The number of nitro groups is 1. The molecule has 0 saturated heterocycles. The largest absolute Gasteiger partial charge is 0.380 e. The molecule has 0 aliphatic carbocycles. The quantitative estimate of drug-likeness (QED) is 0.650.